The van der Waals surface area contributed by atoms with Gasteiger partial charge in [0.25, 0.3) is 5.56 Å². The standard InChI is InChI=1S/C21H28N6O2.ClH/c28-19-8-4-7-17-14-9-15(11-22-10-14)20(27(17)19)21(29)23-12-18-25-24-13-26(18)16-5-2-1-3-6-16;/h4,7-8,13-16,20,22H,1-3,5-6,9-12H2,(H,23,29);1H/t14-,15+,20-;/m1./s1. The Bertz CT molecular complexity index is 951. The first-order chi connectivity index (χ1) is 14.2. The lowest BCUT2D eigenvalue weighted by molar-refractivity contribution is -0.127. The Balaban J connectivity index is 0.00000218. The lowest BCUT2D eigenvalue weighted by Crippen LogP contribution is -2.52. The summed E-state index contributed by atoms with van der Waals surface area (Å²) in [5.41, 5.74) is 0.871. The van der Waals surface area contributed by atoms with E-state index in [-0.39, 0.29) is 29.8 Å². The number of hydrogen-bond acceptors (Lipinski definition) is 5. The molecular formula is C21H29ClN6O2. The van der Waals surface area contributed by atoms with Crippen LogP contribution in [0.25, 0.3) is 0 Å². The zero-order valence-electron chi connectivity index (χ0n) is 17.0. The number of amides is 1. The zero-order chi connectivity index (χ0) is 19.8. The van der Waals surface area contributed by atoms with Crippen molar-refractivity contribution >= 4 is 18.3 Å². The van der Waals surface area contributed by atoms with Crippen LogP contribution in [0.1, 0.15) is 68.0 Å². The molecule has 1 amide bonds. The van der Waals surface area contributed by atoms with Crippen LogP contribution in [0.15, 0.2) is 29.3 Å². The second kappa shape index (κ2) is 8.89. The van der Waals surface area contributed by atoms with E-state index in [0.717, 1.165) is 43.9 Å². The number of halogens is 1. The Morgan fingerprint density at radius 2 is 2.03 bits per heavy atom. The molecule has 2 aromatic heterocycles. The van der Waals surface area contributed by atoms with Crippen LogP contribution in [0.5, 0.6) is 0 Å². The van der Waals surface area contributed by atoms with Gasteiger partial charge in [-0.1, -0.05) is 25.3 Å². The first kappa shape index (κ1) is 21.1. The van der Waals surface area contributed by atoms with Crippen molar-refractivity contribution in [2.45, 2.75) is 63.1 Å². The van der Waals surface area contributed by atoms with Gasteiger partial charge in [0.05, 0.1) is 6.54 Å². The van der Waals surface area contributed by atoms with E-state index >= 15 is 0 Å². The van der Waals surface area contributed by atoms with E-state index in [9.17, 15) is 9.59 Å². The fourth-order valence-electron chi connectivity index (χ4n) is 5.46. The van der Waals surface area contributed by atoms with E-state index in [4.69, 9.17) is 0 Å². The van der Waals surface area contributed by atoms with E-state index in [2.05, 4.69) is 25.4 Å². The Morgan fingerprint density at radius 3 is 2.87 bits per heavy atom. The first-order valence-electron chi connectivity index (χ1n) is 10.8. The van der Waals surface area contributed by atoms with Crippen molar-refractivity contribution < 1.29 is 4.79 Å². The molecule has 2 aromatic rings. The summed E-state index contributed by atoms with van der Waals surface area (Å²) >= 11 is 0. The summed E-state index contributed by atoms with van der Waals surface area (Å²) < 4.78 is 3.85. The normalized spacial score (nSPS) is 25.8. The van der Waals surface area contributed by atoms with Crippen molar-refractivity contribution in [2.24, 2.45) is 5.92 Å². The van der Waals surface area contributed by atoms with Crippen LogP contribution < -0.4 is 16.2 Å². The summed E-state index contributed by atoms with van der Waals surface area (Å²) in [4.78, 5) is 25.9. The highest BCUT2D eigenvalue weighted by Crippen LogP contribution is 2.38. The molecule has 5 rings (SSSR count). The van der Waals surface area contributed by atoms with Crippen molar-refractivity contribution in [1.29, 1.82) is 0 Å². The van der Waals surface area contributed by atoms with Gasteiger partial charge in [-0.25, -0.2) is 0 Å². The number of nitrogens with one attached hydrogen (secondary N) is 2. The lowest BCUT2D eigenvalue weighted by Gasteiger charge is -2.42. The Labute approximate surface area is 181 Å². The third-order valence-electron chi connectivity index (χ3n) is 6.85. The summed E-state index contributed by atoms with van der Waals surface area (Å²) in [7, 11) is 0. The van der Waals surface area contributed by atoms with Gasteiger partial charge in [0.2, 0.25) is 5.91 Å². The van der Waals surface area contributed by atoms with Crippen LogP contribution in [0.3, 0.4) is 0 Å². The van der Waals surface area contributed by atoms with Gasteiger partial charge in [-0.05, 0) is 25.3 Å². The van der Waals surface area contributed by atoms with E-state index < -0.39 is 6.04 Å². The molecule has 8 nitrogen and oxygen atoms in total. The predicted octanol–water partition coefficient (Wildman–Crippen LogP) is 1.93. The van der Waals surface area contributed by atoms with Crippen LogP contribution in [-0.4, -0.2) is 38.3 Å². The lowest BCUT2D eigenvalue weighted by atomic mass is 9.79. The topological polar surface area (TPSA) is 93.8 Å². The number of pyridine rings is 1. The molecule has 1 aliphatic carbocycles. The van der Waals surface area contributed by atoms with Gasteiger partial charge < -0.3 is 15.2 Å². The molecule has 3 atom stereocenters. The van der Waals surface area contributed by atoms with E-state index in [1.54, 1.807) is 23.0 Å². The van der Waals surface area contributed by atoms with Gasteiger partial charge in [0.15, 0.2) is 5.82 Å². The molecule has 2 fully saturated rings. The first-order valence-corrected chi connectivity index (χ1v) is 10.8. The monoisotopic (exact) mass is 432 g/mol. The van der Waals surface area contributed by atoms with Gasteiger partial charge in [0, 0.05) is 42.7 Å². The Kier molecular flexibility index (Phi) is 6.24. The Morgan fingerprint density at radius 1 is 1.20 bits per heavy atom. The molecular weight excluding hydrogens is 404 g/mol. The third kappa shape index (κ3) is 3.78. The average Bonchev–Trinajstić information content (AvgIpc) is 3.23. The molecule has 0 aromatic carbocycles. The summed E-state index contributed by atoms with van der Waals surface area (Å²) in [5, 5.41) is 14.8. The van der Waals surface area contributed by atoms with Crippen LogP contribution >= 0.6 is 12.4 Å². The van der Waals surface area contributed by atoms with Crippen molar-refractivity contribution in [1.82, 2.24) is 30.0 Å². The highest BCUT2D eigenvalue weighted by atomic mass is 35.5. The van der Waals surface area contributed by atoms with Gasteiger partial charge >= 0.3 is 0 Å². The summed E-state index contributed by atoms with van der Waals surface area (Å²) in [6.45, 7) is 1.96. The van der Waals surface area contributed by atoms with Gasteiger partial charge in [-0.3, -0.25) is 14.2 Å². The number of rotatable bonds is 4. The molecule has 0 radical (unpaired) electrons. The van der Waals surface area contributed by atoms with E-state index in [0.29, 0.717) is 18.5 Å². The second-order valence-electron chi connectivity index (χ2n) is 8.62. The van der Waals surface area contributed by atoms with Gasteiger partial charge in [-0.15, -0.1) is 22.6 Å². The van der Waals surface area contributed by atoms with Crippen LogP contribution in [-0.2, 0) is 11.3 Å². The maximum Gasteiger partial charge on any atom is 0.251 e. The number of aromatic nitrogens is 4. The van der Waals surface area contributed by atoms with Crippen LogP contribution in [0.2, 0.25) is 0 Å². The predicted molar refractivity (Wildman–Crippen MR) is 115 cm³/mol. The maximum atomic E-state index is 13.2. The molecule has 2 bridgehead atoms. The summed E-state index contributed by atoms with van der Waals surface area (Å²) in [5.74, 6) is 1.10. The second-order valence-corrected chi connectivity index (χ2v) is 8.62. The molecule has 3 aliphatic rings. The minimum Gasteiger partial charge on any atom is -0.347 e. The Hall–Kier alpha value is -2.19. The number of nitrogens with zero attached hydrogens (tertiary/aromatic N) is 4. The van der Waals surface area contributed by atoms with Crippen molar-refractivity contribution in [2.75, 3.05) is 13.1 Å². The third-order valence-corrected chi connectivity index (χ3v) is 6.85. The quantitative estimate of drug-likeness (QED) is 0.769. The maximum absolute atomic E-state index is 13.2. The highest BCUT2D eigenvalue weighted by molar-refractivity contribution is 5.85. The zero-order valence-corrected chi connectivity index (χ0v) is 17.8. The number of carbonyl (C=O) groups excluding carboxylic acids is 1. The fourth-order valence-corrected chi connectivity index (χ4v) is 5.46. The average molecular weight is 433 g/mol. The van der Waals surface area contributed by atoms with Crippen molar-refractivity contribution in [3.63, 3.8) is 0 Å². The molecule has 0 spiro atoms. The molecule has 162 valence electrons. The number of hydrogen-bond donors (Lipinski definition) is 2. The molecule has 9 heteroatoms. The SMILES string of the molecule is Cl.O=C(NCc1nncn1C1CCCCC1)[C@H]1[C@@H]2CNC[C@@H](C2)c2cccc(=O)n21. The van der Waals surface area contributed by atoms with Crippen molar-refractivity contribution in [3.05, 3.63) is 46.4 Å². The minimum atomic E-state index is -0.478. The molecule has 2 aliphatic heterocycles. The summed E-state index contributed by atoms with van der Waals surface area (Å²) in [6.07, 6.45) is 8.74. The number of carbonyl (C=O) groups is 1. The largest absolute Gasteiger partial charge is 0.347 e. The fraction of sp³-hybridized carbons (Fsp3) is 0.619. The van der Waals surface area contributed by atoms with Gasteiger partial charge in [-0.2, -0.15) is 0 Å². The van der Waals surface area contributed by atoms with Gasteiger partial charge in [0.1, 0.15) is 12.4 Å². The molecule has 30 heavy (non-hydrogen) atoms. The molecule has 4 heterocycles. The summed E-state index contributed by atoms with van der Waals surface area (Å²) in [6, 6.07) is 5.28. The molecule has 1 saturated heterocycles. The highest BCUT2D eigenvalue weighted by Gasteiger charge is 2.41. The smallest absolute Gasteiger partial charge is 0.251 e. The number of fused-ring (bicyclic) bond motifs is 4. The molecule has 1 saturated carbocycles. The molecule has 2 N–H and O–H groups in total. The van der Waals surface area contributed by atoms with E-state index in [1.807, 2.05) is 6.07 Å². The van der Waals surface area contributed by atoms with Crippen LogP contribution in [0, 0.1) is 5.92 Å². The number of piperidine rings is 1. The minimum absolute atomic E-state index is 0. The van der Waals surface area contributed by atoms with Crippen molar-refractivity contribution in [3.8, 4) is 0 Å². The van der Waals surface area contributed by atoms with E-state index in [1.165, 1.54) is 19.3 Å². The molecule has 0 unspecified atom stereocenters. The van der Waals surface area contributed by atoms with Crippen LogP contribution in [0.4, 0.5) is 0 Å².